The summed E-state index contributed by atoms with van der Waals surface area (Å²) in [4.78, 5) is 0. The average molecular weight is 908 g/mol. The van der Waals surface area contributed by atoms with Crippen molar-refractivity contribution in [1.29, 1.82) is 0 Å². The highest BCUT2D eigenvalue weighted by Gasteiger charge is 2.44. The molecule has 0 aliphatic heterocycles. The maximum atomic E-state index is 2.59. The second kappa shape index (κ2) is 16.1. The van der Waals surface area contributed by atoms with Crippen LogP contribution in [0.2, 0.25) is 0 Å². The topological polar surface area (TPSA) is 14.8 Å². The Morgan fingerprint density at radius 3 is 1.26 bits per heavy atom. The quantitative estimate of drug-likeness (QED) is 0.107. The van der Waals surface area contributed by atoms with Gasteiger partial charge in [-0.25, -0.2) is 0 Å². The third kappa shape index (κ3) is 5.87. The fraction of sp³-hybridized carbons (Fsp3) is 0. The third-order valence-electron chi connectivity index (χ3n) is 14.8. The summed E-state index contributed by atoms with van der Waals surface area (Å²) in [7, 11) is -3.17. The van der Waals surface area contributed by atoms with E-state index in [0.717, 1.165) is 33.6 Å². The molecule has 14 rings (SSSR count). The van der Waals surface area contributed by atoms with Crippen LogP contribution in [0.1, 0.15) is 0 Å². The van der Waals surface area contributed by atoms with E-state index in [1.807, 2.05) is 0 Å². The number of para-hydroxylation sites is 6. The molecular weight excluding hydrogens is 863 g/mol. The zero-order valence-corrected chi connectivity index (χ0v) is 39.3. The molecule has 328 valence electrons. The van der Waals surface area contributed by atoms with Crippen molar-refractivity contribution < 1.29 is 0 Å². The van der Waals surface area contributed by atoms with Crippen molar-refractivity contribution >= 4 is 94.2 Å². The predicted octanol–water partition coefficient (Wildman–Crippen LogP) is 14.0. The van der Waals surface area contributed by atoms with Crippen LogP contribution in [0.25, 0.3) is 93.6 Å². The summed E-state index contributed by atoms with van der Waals surface area (Å²) in [5, 5.41) is 12.8. The minimum Gasteiger partial charge on any atom is -0.309 e. The van der Waals surface area contributed by atoms with Crippen molar-refractivity contribution in [3.8, 4) is 28.2 Å². The molecule has 0 amide bonds. The van der Waals surface area contributed by atoms with Crippen LogP contribution in [0, 0.1) is 0 Å². The number of fused-ring (bicyclic) bond motifs is 9. The zero-order chi connectivity index (χ0) is 46.2. The van der Waals surface area contributed by atoms with E-state index in [4.69, 9.17) is 0 Å². The van der Waals surface area contributed by atoms with Crippen LogP contribution in [0.5, 0.6) is 0 Å². The highest BCUT2D eigenvalue weighted by molar-refractivity contribution is 7.20. The minimum absolute atomic E-state index is 1.12. The van der Waals surface area contributed by atoms with E-state index in [9.17, 15) is 0 Å². The van der Waals surface area contributed by atoms with Crippen molar-refractivity contribution in [1.82, 2.24) is 13.7 Å². The van der Waals surface area contributed by atoms with E-state index in [1.54, 1.807) is 0 Å². The van der Waals surface area contributed by atoms with E-state index >= 15 is 0 Å². The normalized spacial score (nSPS) is 12.0. The van der Waals surface area contributed by atoms with Gasteiger partial charge in [0.2, 0.25) is 0 Å². The number of nitrogens with zero attached hydrogens (tertiary/aromatic N) is 3. The summed E-state index contributed by atoms with van der Waals surface area (Å²) in [6.45, 7) is 0. The van der Waals surface area contributed by atoms with Gasteiger partial charge in [0, 0.05) is 43.6 Å². The number of aromatic nitrogens is 3. The Labute approximate surface area is 407 Å². The van der Waals surface area contributed by atoms with Gasteiger partial charge in [0.1, 0.15) is 0 Å². The van der Waals surface area contributed by atoms with Gasteiger partial charge in [-0.1, -0.05) is 224 Å². The molecule has 0 saturated heterocycles. The predicted molar refractivity (Wildman–Crippen MR) is 299 cm³/mol. The van der Waals surface area contributed by atoms with E-state index in [0.29, 0.717) is 0 Å². The van der Waals surface area contributed by atoms with Gasteiger partial charge in [0.05, 0.1) is 44.5 Å². The average Bonchev–Trinajstić information content (AvgIpc) is 4.08. The van der Waals surface area contributed by atoms with Crippen LogP contribution in [0.3, 0.4) is 0 Å². The first-order valence-corrected chi connectivity index (χ1v) is 26.2. The summed E-state index contributed by atoms with van der Waals surface area (Å²) in [5.41, 5.74) is 12.8. The molecule has 0 radical (unpaired) electrons. The lowest BCUT2D eigenvalue weighted by Gasteiger charge is -2.35. The Hall–Kier alpha value is -8.96. The minimum atomic E-state index is -3.17. The van der Waals surface area contributed by atoms with Crippen LogP contribution in [0.15, 0.2) is 273 Å². The largest absolute Gasteiger partial charge is 0.309 e. The summed E-state index contributed by atoms with van der Waals surface area (Å²) in [6, 6.07) is 102. The van der Waals surface area contributed by atoms with Crippen LogP contribution < -0.4 is 20.7 Å². The van der Waals surface area contributed by atoms with Gasteiger partial charge >= 0.3 is 0 Å². The van der Waals surface area contributed by atoms with Crippen molar-refractivity contribution in [2.45, 2.75) is 0 Å². The second-order valence-corrected chi connectivity index (χ2v) is 22.1. The standard InChI is InChI=1S/C66H45N3Si/c1-5-24-46(25-6-1)51-32-13-18-38-57(51)69-60-41-21-16-35-54(60)55-37-23-43-62(66(55)69)68-61-42-22-17-36-56(61)65-63(68)44-47(67-58-39-19-14-33-52(58)53-34-15-20-40-59(53)67)45-64(65)70(48-26-7-2-8-27-48,49-28-9-3-10-29-49)50-30-11-4-12-31-50/h1-45H. The second-order valence-electron chi connectivity index (χ2n) is 18.4. The van der Waals surface area contributed by atoms with Crippen LogP contribution in [0.4, 0.5) is 0 Å². The van der Waals surface area contributed by atoms with Crippen LogP contribution in [-0.2, 0) is 0 Å². The molecule has 0 N–H and O–H groups in total. The molecule has 70 heavy (non-hydrogen) atoms. The fourth-order valence-corrected chi connectivity index (χ4v) is 17.0. The molecule has 0 unspecified atom stereocenters. The van der Waals surface area contributed by atoms with Gasteiger partial charge in [0.15, 0.2) is 8.07 Å². The molecule has 0 atom stereocenters. The van der Waals surface area contributed by atoms with Gasteiger partial charge in [-0.15, -0.1) is 0 Å². The number of benzene rings is 11. The van der Waals surface area contributed by atoms with Crippen molar-refractivity contribution in [3.63, 3.8) is 0 Å². The molecule has 0 aliphatic rings. The molecule has 11 aromatic carbocycles. The Bertz CT molecular complexity index is 4130. The SMILES string of the molecule is c1ccc(-c2ccccc2-n2c3ccccc3c3cccc(-n4c5ccccc5c5c([Si](c6ccccc6)(c6ccccc6)c6ccccc6)cc(-n6c7ccccc7c7ccccc76)cc54)c32)cc1. The highest BCUT2D eigenvalue weighted by atomic mass is 28.3. The van der Waals surface area contributed by atoms with E-state index in [-0.39, 0.29) is 0 Å². The first-order valence-electron chi connectivity index (χ1n) is 24.2. The van der Waals surface area contributed by atoms with Crippen molar-refractivity contribution in [3.05, 3.63) is 273 Å². The molecule has 0 saturated carbocycles. The molecule has 0 bridgehead atoms. The lowest BCUT2D eigenvalue weighted by molar-refractivity contribution is 1.13. The van der Waals surface area contributed by atoms with Gasteiger partial charge in [-0.05, 0) is 74.8 Å². The molecule has 0 spiro atoms. The van der Waals surface area contributed by atoms with Gasteiger partial charge < -0.3 is 13.7 Å². The van der Waals surface area contributed by atoms with Crippen molar-refractivity contribution in [2.75, 3.05) is 0 Å². The van der Waals surface area contributed by atoms with Crippen molar-refractivity contribution in [2.24, 2.45) is 0 Å². The first-order chi connectivity index (χ1) is 34.8. The smallest absolute Gasteiger partial charge is 0.180 e. The maximum Gasteiger partial charge on any atom is 0.180 e. The summed E-state index contributed by atoms with van der Waals surface area (Å²) in [6.07, 6.45) is 0. The van der Waals surface area contributed by atoms with E-state index in [1.165, 1.54) is 80.7 Å². The molecular formula is C66H45N3Si. The molecule has 3 heterocycles. The Morgan fingerprint density at radius 2 is 0.686 bits per heavy atom. The Morgan fingerprint density at radius 1 is 0.271 bits per heavy atom. The number of rotatable bonds is 8. The lowest BCUT2D eigenvalue weighted by atomic mass is 10.0. The first kappa shape index (κ1) is 40.1. The van der Waals surface area contributed by atoms with Gasteiger partial charge in [0.25, 0.3) is 0 Å². The zero-order valence-electron chi connectivity index (χ0n) is 38.3. The van der Waals surface area contributed by atoms with Gasteiger partial charge in [-0.2, -0.15) is 0 Å². The monoisotopic (exact) mass is 907 g/mol. The molecule has 0 fully saturated rings. The number of hydrogen-bond donors (Lipinski definition) is 0. The molecule has 3 aromatic heterocycles. The molecule has 4 heteroatoms. The fourth-order valence-electron chi connectivity index (χ4n) is 12.0. The highest BCUT2D eigenvalue weighted by Crippen LogP contribution is 2.43. The third-order valence-corrected chi connectivity index (χ3v) is 19.6. The molecule has 14 aromatic rings. The summed E-state index contributed by atoms with van der Waals surface area (Å²) in [5.74, 6) is 0. The lowest BCUT2D eigenvalue weighted by Crippen LogP contribution is -2.74. The molecule has 0 aliphatic carbocycles. The number of hydrogen-bond acceptors (Lipinski definition) is 0. The Balaban J connectivity index is 1.21. The summed E-state index contributed by atoms with van der Waals surface area (Å²) >= 11 is 0. The van der Waals surface area contributed by atoms with Crippen LogP contribution >= 0.6 is 0 Å². The van der Waals surface area contributed by atoms with Crippen LogP contribution in [-0.4, -0.2) is 21.8 Å². The Kier molecular flexibility index (Phi) is 9.23. The molecule has 3 nitrogen and oxygen atoms in total. The van der Waals surface area contributed by atoms with E-state index < -0.39 is 8.07 Å². The van der Waals surface area contributed by atoms with Gasteiger partial charge in [-0.3, -0.25) is 0 Å². The van der Waals surface area contributed by atoms with E-state index in [2.05, 4.69) is 287 Å². The summed E-state index contributed by atoms with van der Waals surface area (Å²) < 4.78 is 7.63. The maximum absolute atomic E-state index is 3.17.